The quantitative estimate of drug-likeness (QED) is 0.738. The molecule has 0 amide bonds. The first kappa shape index (κ1) is 8.49. The molecular formula is C7H12N2OS. The maximum atomic E-state index is 5.27. The summed E-state index contributed by atoms with van der Waals surface area (Å²) >= 11 is 1.53. The Bertz CT molecular complexity index is 212. The molecule has 0 atom stereocenters. The van der Waals surface area contributed by atoms with E-state index in [-0.39, 0.29) is 0 Å². The number of aryl methyl sites for hydroxylation is 1. The number of ether oxygens (including phenoxy) is 1. The lowest BCUT2D eigenvalue weighted by Crippen LogP contribution is -2.10. The van der Waals surface area contributed by atoms with Gasteiger partial charge in [0.25, 0.3) is 5.19 Å². The molecule has 1 heterocycles. The predicted octanol–water partition coefficient (Wildman–Crippen LogP) is 1.04. The van der Waals surface area contributed by atoms with Crippen molar-refractivity contribution in [3.8, 4) is 5.19 Å². The fourth-order valence-electron chi connectivity index (χ4n) is 0.663. The zero-order chi connectivity index (χ0) is 8.10. The van der Waals surface area contributed by atoms with E-state index < -0.39 is 0 Å². The second-order valence-corrected chi connectivity index (χ2v) is 2.92. The second kappa shape index (κ2) is 4.31. The molecule has 0 aliphatic heterocycles. The zero-order valence-corrected chi connectivity index (χ0v) is 7.36. The molecule has 1 aromatic heterocycles. The van der Waals surface area contributed by atoms with Gasteiger partial charge in [-0.3, -0.25) is 0 Å². The highest BCUT2D eigenvalue weighted by atomic mass is 32.1. The maximum Gasteiger partial charge on any atom is 0.273 e. The van der Waals surface area contributed by atoms with Gasteiger partial charge in [-0.05, 0) is 6.42 Å². The first-order chi connectivity index (χ1) is 5.36. The molecule has 0 aromatic carbocycles. The van der Waals surface area contributed by atoms with Crippen LogP contribution < -0.4 is 10.5 Å². The van der Waals surface area contributed by atoms with E-state index >= 15 is 0 Å². The lowest BCUT2D eigenvalue weighted by Gasteiger charge is -1.96. The molecule has 1 rings (SSSR count). The Morgan fingerprint density at radius 1 is 1.73 bits per heavy atom. The first-order valence-electron chi connectivity index (χ1n) is 3.64. The molecule has 0 fully saturated rings. The topological polar surface area (TPSA) is 48.1 Å². The van der Waals surface area contributed by atoms with Crippen molar-refractivity contribution < 1.29 is 4.74 Å². The van der Waals surface area contributed by atoms with Gasteiger partial charge in [-0.15, -0.1) is 0 Å². The van der Waals surface area contributed by atoms with E-state index in [0.29, 0.717) is 13.2 Å². The summed E-state index contributed by atoms with van der Waals surface area (Å²) in [7, 11) is 0. The van der Waals surface area contributed by atoms with E-state index in [1.807, 2.05) is 5.38 Å². The van der Waals surface area contributed by atoms with Crippen LogP contribution in [0.2, 0.25) is 0 Å². The van der Waals surface area contributed by atoms with E-state index in [1.54, 1.807) is 0 Å². The lowest BCUT2D eigenvalue weighted by molar-refractivity contribution is 0.326. The number of nitrogens with two attached hydrogens (primary N) is 1. The van der Waals surface area contributed by atoms with Gasteiger partial charge in [0.05, 0.1) is 5.69 Å². The van der Waals surface area contributed by atoms with Crippen molar-refractivity contribution in [2.24, 2.45) is 5.73 Å². The highest BCUT2D eigenvalue weighted by Crippen LogP contribution is 2.17. The number of thiazole rings is 1. The molecule has 0 aliphatic carbocycles. The van der Waals surface area contributed by atoms with Crippen molar-refractivity contribution in [1.82, 2.24) is 4.98 Å². The number of hydrogen-bond acceptors (Lipinski definition) is 4. The average Bonchev–Trinajstić information content (AvgIpc) is 2.48. The van der Waals surface area contributed by atoms with Crippen LogP contribution in [-0.4, -0.2) is 18.1 Å². The Balaban J connectivity index is 2.44. The van der Waals surface area contributed by atoms with Crippen LogP contribution in [0, 0.1) is 0 Å². The van der Waals surface area contributed by atoms with Gasteiger partial charge >= 0.3 is 0 Å². The molecule has 0 saturated heterocycles. The number of rotatable bonds is 4. The van der Waals surface area contributed by atoms with E-state index in [2.05, 4.69) is 11.9 Å². The molecule has 0 bridgehead atoms. The van der Waals surface area contributed by atoms with Crippen molar-refractivity contribution in [1.29, 1.82) is 0 Å². The number of hydrogen-bond donors (Lipinski definition) is 1. The van der Waals surface area contributed by atoms with Crippen molar-refractivity contribution >= 4 is 11.3 Å². The summed E-state index contributed by atoms with van der Waals surface area (Å²) in [4.78, 5) is 4.21. The summed E-state index contributed by atoms with van der Waals surface area (Å²) in [6, 6.07) is 0. The highest BCUT2D eigenvalue weighted by Gasteiger charge is 1.98. The summed E-state index contributed by atoms with van der Waals surface area (Å²) in [6.45, 7) is 3.17. The second-order valence-electron chi connectivity index (χ2n) is 2.10. The third kappa shape index (κ3) is 2.48. The standard InChI is InChI=1S/C7H12N2OS/c1-2-6-5-11-7(9-6)10-4-3-8/h5H,2-4,8H2,1H3. The number of nitrogens with zero attached hydrogens (tertiary/aromatic N) is 1. The van der Waals surface area contributed by atoms with Gasteiger partial charge in [-0.1, -0.05) is 18.3 Å². The van der Waals surface area contributed by atoms with E-state index in [9.17, 15) is 0 Å². The molecule has 4 heteroatoms. The van der Waals surface area contributed by atoms with Crippen LogP contribution in [0.3, 0.4) is 0 Å². The highest BCUT2D eigenvalue weighted by molar-refractivity contribution is 7.11. The van der Waals surface area contributed by atoms with Gasteiger partial charge in [-0.2, -0.15) is 0 Å². The Labute approximate surface area is 70.2 Å². The van der Waals surface area contributed by atoms with Crippen LogP contribution in [0.4, 0.5) is 0 Å². The van der Waals surface area contributed by atoms with Crippen LogP contribution in [0.5, 0.6) is 5.19 Å². The van der Waals surface area contributed by atoms with Crippen molar-refractivity contribution in [3.05, 3.63) is 11.1 Å². The van der Waals surface area contributed by atoms with E-state index in [4.69, 9.17) is 10.5 Å². The van der Waals surface area contributed by atoms with Crippen LogP contribution in [0.25, 0.3) is 0 Å². The minimum Gasteiger partial charge on any atom is -0.469 e. The maximum absolute atomic E-state index is 5.27. The normalized spacial score (nSPS) is 10.0. The molecule has 2 N–H and O–H groups in total. The fourth-order valence-corrected chi connectivity index (χ4v) is 1.44. The average molecular weight is 172 g/mol. The lowest BCUT2D eigenvalue weighted by atomic mass is 10.4. The summed E-state index contributed by atoms with van der Waals surface area (Å²) in [6.07, 6.45) is 0.961. The molecule has 11 heavy (non-hydrogen) atoms. The molecule has 0 unspecified atom stereocenters. The Morgan fingerprint density at radius 2 is 2.55 bits per heavy atom. The molecule has 1 aromatic rings. The molecule has 0 spiro atoms. The van der Waals surface area contributed by atoms with E-state index in [0.717, 1.165) is 17.3 Å². The number of aromatic nitrogens is 1. The first-order valence-corrected chi connectivity index (χ1v) is 4.52. The molecule has 62 valence electrons. The summed E-state index contributed by atoms with van der Waals surface area (Å²) in [5, 5.41) is 2.73. The summed E-state index contributed by atoms with van der Waals surface area (Å²) in [5.41, 5.74) is 6.35. The van der Waals surface area contributed by atoms with Gasteiger partial charge in [0.2, 0.25) is 0 Å². The Morgan fingerprint density at radius 3 is 3.09 bits per heavy atom. The molecule has 3 nitrogen and oxygen atoms in total. The van der Waals surface area contributed by atoms with Gasteiger partial charge in [0.1, 0.15) is 6.61 Å². The van der Waals surface area contributed by atoms with Gasteiger partial charge < -0.3 is 10.5 Å². The molecule has 0 radical (unpaired) electrons. The van der Waals surface area contributed by atoms with Gasteiger partial charge in [0.15, 0.2) is 0 Å². The van der Waals surface area contributed by atoms with Gasteiger partial charge in [0, 0.05) is 11.9 Å². The zero-order valence-electron chi connectivity index (χ0n) is 6.54. The summed E-state index contributed by atoms with van der Waals surface area (Å²) < 4.78 is 5.22. The van der Waals surface area contributed by atoms with Crippen molar-refractivity contribution in [3.63, 3.8) is 0 Å². The van der Waals surface area contributed by atoms with Crippen LogP contribution in [0.15, 0.2) is 5.38 Å². The van der Waals surface area contributed by atoms with Gasteiger partial charge in [-0.25, -0.2) is 4.98 Å². The third-order valence-electron chi connectivity index (χ3n) is 1.24. The Kier molecular flexibility index (Phi) is 3.32. The molecular weight excluding hydrogens is 160 g/mol. The third-order valence-corrected chi connectivity index (χ3v) is 2.04. The van der Waals surface area contributed by atoms with Crippen molar-refractivity contribution in [2.45, 2.75) is 13.3 Å². The predicted molar refractivity (Wildman–Crippen MR) is 46.0 cm³/mol. The van der Waals surface area contributed by atoms with Crippen LogP contribution in [0.1, 0.15) is 12.6 Å². The molecule has 0 saturated carbocycles. The monoisotopic (exact) mass is 172 g/mol. The van der Waals surface area contributed by atoms with Crippen LogP contribution in [-0.2, 0) is 6.42 Å². The minimum absolute atomic E-state index is 0.543. The van der Waals surface area contributed by atoms with Crippen molar-refractivity contribution in [2.75, 3.05) is 13.2 Å². The fraction of sp³-hybridized carbons (Fsp3) is 0.571. The molecule has 0 aliphatic rings. The largest absolute Gasteiger partial charge is 0.469 e. The summed E-state index contributed by atoms with van der Waals surface area (Å²) in [5.74, 6) is 0. The smallest absolute Gasteiger partial charge is 0.273 e. The minimum atomic E-state index is 0.543. The Hall–Kier alpha value is -0.610. The van der Waals surface area contributed by atoms with E-state index in [1.165, 1.54) is 11.3 Å². The SMILES string of the molecule is CCc1csc(OCCN)n1. The van der Waals surface area contributed by atoms with Crippen LogP contribution >= 0.6 is 11.3 Å².